The van der Waals surface area contributed by atoms with E-state index in [1.165, 1.54) is 0 Å². The molecule has 0 fully saturated rings. The highest BCUT2D eigenvalue weighted by molar-refractivity contribution is 5.84. The number of phenols is 1. The Labute approximate surface area is 116 Å². The third kappa shape index (κ3) is 2.05. The molecule has 2 aromatic carbocycles. The van der Waals surface area contributed by atoms with Crippen molar-refractivity contribution in [3.8, 4) is 28.6 Å². The molecule has 20 heavy (non-hydrogen) atoms. The molecule has 1 aromatic heterocycles. The van der Waals surface area contributed by atoms with Gasteiger partial charge in [0.1, 0.15) is 17.1 Å². The van der Waals surface area contributed by atoms with E-state index >= 15 is 0 Å². The van der Waals surface area contributed by atoms with Gasteiger partial charge in [-0.15, -0.1) is 0 Å². The number of benzene rings is 2. The fraction of sp³-hybridized carbons (Fsp3) is 0.125. The molecule has 0 saturated heterocycles. The molecule has 3 rings (SSSR count). The van der Waals surface area contributed by atoms with Gasteiger partial charge < -0.3 is 19.0 Å². The topological polar surface area (TPSA) is 51.8 Å². The van der Waals surface area contributed by atoms with E-state index in [-0.39, 0.29) is 5.75 Å². The van der Waals surface area contributed by atoms with E-state index in [9.17, 15) is 5.11 Å². The van der Waals surface area contributed by atoms with E-state index in [0.29, 0.717) is 22.8 Å². The number of phenolic OH excluding ortho intramolecular Hbond substituents is 1. The second kappa shape index (κ2) is 4.81. The molecule has 102 valence electrons. The third-order valence-corrected chi connectivity index (χ3v) is 3.17. The molecule has 4 heteroatoms. The summed E-state index contributed by atoms with van der Waals surface area (Å²) in [7, 11) is 3.19. The minimum Gasteiger partial charge on any atom is -0.508 e. The quantitative estimate of drug-likeness (QED) is 0.786. The monoisotopic (exact) mass is 270 g/mol. The Bertz CT molecular complexity index is 758. The van der Waals surface area contributed by atoms with Crippen LogP contribution in [0, 0.1) is 0 Å². The largest absolute Gasteiger partial charge is 0.508 e. The molecule has 0 atom stereocenters. The van der Waals surface area contributed by atoms with Crippen LogP contribution in [0.5, 0.6) is 17.2 Å². The lowest BCUT2D eigenvalue weighted by Gasteiger charge is -2.08. The van der Waals surface area contributed by atoms with Crippen molar-refractivity contribution in [2.75, 3.05) is 14.2 Å². The molecule has 3 aromatic rings. The van der Waals surface area contributed by atoms with Gasteiger partial charge in [-0.3, -0.25) is 0 Å². The zero-order valence-corrected chi connectivity index (χ0v) is 11.2. The van der Waals surface area contributed by atoms with E-state index < -0.39 is 0 Å². The minimum absolute atomic E-state index is 0.186. The van der Waals surface area contributed by atoms with Gasteiger partial charge in [-0.25, -0.2) is 0 Å². The van der Waals surface area contributed by atoms with E-state index in [0.717, 1.165) is 10.9 Å². The zero-order valence-electron chi connectivity index (χ0n) is 11.2. The highest BCUT2D eigenvalue weighted by Crippen LogP contribution is 2.35. The molecule has 0 radical (unpaired) electrons. The maximum Gasteiger partial charge on any atom is 0.161 e. The normalized spacial score (nSPS) is 10.7. The fourth-order valence-electron chi connectivity index (χ4n) is 2.15. The lowest BCUT2D eigenvalue weighted by molar-refractivity contribution is 0.355. The standard InChI is InChI=1S/C16H14O4/c1-18-13-6-4-11(8-16(13)19-2)14-7-10-3-5-12(17)9-15(10)20-14/h3-9,17H,1-2H3. The van der Waals surface area contributed by atoms with Crippen LogP contribution in [-0.2, 0) is 0 Å². The Morgan fingerprint density at radius 1 is 0.900 bits per heavy atom. The van der Waals surface area contributed by atoms with Crippen LogP contribution in [0.4, 0.5) is 0 Å². The molecule has 1 N–H and O–H groups in total. The number of methoxy groups -OCH3 is 2. The Morgan fingerprint density at radius 2 is 1.70 bits per heavy atom. The lowest BCUT2D eigenvalue weighted by atomic mass is 10.1. The van der Waals surface area contributed by atoms with Crippen LogP contribution < -0.4 is 9.47 Å². The van der Waals surface area contributed by atoms with Crippen molar-refractivity contribution in [1.29, 1.82) is 0 Å². The highest BCUT2D eigenvalue weighted by Gasteiger charge is 2.10. The average Bonchev–Trinajstić information content (AvgIpc) is 2.89. The summed E-state index contributed by atoms with van der Waals surface area (Å²) in [6.45, 7) is 0. The van der Waals surface area contributed by atoms with Crippen LogP contribution in [0.2, 0.25) is 0 Å². The number of rotatable bonds is 3. The molecule has 4 nitrogen and oxygen atoms in total. The number of aromatic hydroxyl groups is 1. The SMILES string of the molecule is COc1ccc(-c2cc3ccc(O)cc3o2)cc1OC. The van der Waals surface area contributed by atoms with Gasteiger partial charge in [0.25, 0.3) is 0 Å². The van der Waals surface area contributed by atoms with Gasteiger partial charge in [-0.1, -0.05) is 0 Å². The predicted molar refractivity (Wildman–Crippen MR) is 76.4 cm³/mol. The van der Waals surface area contributed by atoms with Crippen LogP contribution in [0.25, 0.3) is 22.3 Å². The molecule has 0 aliphatic rings. The summed E-state index contributed by atoms with van der Waals surface area (Å²) in [5, 5.41) is 10.4. The number of furan rings is 1. The molecule has 0 unspecified atom stereocenters. The van der Waals surface area contributed by atoms with Crippen LogP contribution in [-0.4, -0.2) is 19.3 Å². The van der Waals surface area contributed by atoms with E-state index in [1.54, 1.807) is 26.4 Å². The first kappa shape index (κ1) is 12.4. The van der Waals surface area contributed by atoms with Crippen LogP contribution in [0.15, 0.2) is 46.9 Å². The average molecular weight is 270 g/mol. The maximum absolute atomic E-state index is 9.46. The molecule has 0 bridgehead atoms. The van der Waals surface area contributed by atoms with Crippen LogP contribution in [0.3, 0.4) is 0 Å². The van der Waals surface area contributed by atoms with E-state index in [4.69, 9.17) is 13.9 Å². The molecule has 0 aliphatic heterocycles. The summed E-state index contributed by atoms with van der Waals surface area (Å²) in [6, 6.07) is 12.6. The van der Waals surface area contributed by atoms with Crippen LogP contribution in [0.1, 0.15) is 0 Å². The van der Waals surface area contributed by atoms with Gasteiger partial charge in [0.05, 0.1) is 14.2 Å². The van der Waals surface area contributed by atoms with Gasteiger partial charge in [-0.05, 0) is 36.4 Å². The Hall–Kier alpha value is -2.62. The van der Waals surface area contributed by atoms with Crippen molar-refractivity contribution >= 4 is 11.0 Å². The second-order valence-electron chi connectivity index (χ2n) is 4.40. The Balaban J connectivity index is 2.10. The first-order chi connectivity index (χ1) is 9.71. The van der Waals surface area contributed by atoms with Gasteiger partial charge in [0, 0.05) is 17.0 Å². The van der Waals surface area contributed by atoms with E-state index in [1.807, 2.05) is 30.3 Å². The molecular formula is C16H14O4. The van der Waals surface area contributed by atoms with Crippen molar-refractivity contribution in [3.05, 3.63) is 42.5 Å². The molecule has 1 heterocycles. The maximum atomic E-state index is 9.46. The molecule has 0 saturated carbocycles. The van der Waals surface area contributed by atoms with Crippen molar-refractivity contribution in [2.24, 2.45) is 0 Å². The summed E-state index contributed by atoms with van der Waals surface area (Å²) >= 11 is 0. The molecule has 0 amide bonds. The molecule has 0 spiro atoms. The smallest absolute Gasteiger partial charge is 0.161 e. The van der Waals surface area contributed by atoms with Crippen molar-refractivity contribution < 1.29 is 19.0 Å². The predicted octanol–water partition coefficient (Wildman–Crippen LogP) is 3.82. The Kier molecular flexibility index (Phi) is 2.99. The van der Waals surface area contributed by atoms with Crippen LogP contribution >= 0.6 is 0 Å². The molecule has 0 aliphatic carbocycles. The zero-order chi connectivity index (χ0) is 14.1. The third-order valence-electron chi connectivity index (χ3n) is 3.17. The highest BCUT2D eigenvalue weighted by atomic mass is 16.5. The number of ether oxygens (including phenoxy) is 2. The van der Waals surface area contributed by atoms with Gasteiger partial charge >= 0.3 is 0 Å². The number of fused-ring (bicyclic) bond motifs is 1. The summed E-state index contributed by atoms with van der Waals surface area (Å²) in [5.74, 6) is 2.22. The minimum atomic E-state index is 0.186. The second-order valence-corrected chi connectivity index (χ2v) is 4.40. The Morgan fingerprint density at radius 3 is 2.45 bits per heavy atom. The number of hydrogen-bond acceptors (Lipinski definition) is 4. The molecular weight excluding hydrogens is 256 g/mol. The summed E-state index contributed by atoms with van der Waals surface area (Å²) in [6.07, 6.45) is 0. The number of hydrogen-bond donors (Lipinski definition) is 1. The first-order valence-electron chi connectivity index (χ1n) is 6.16. The van der Waals surface area contributed by atoms with Gasteiger partial charge in [-0.2, -0.15) is 0 Å². The lowest BCUT2D eigenvalue weighted by Crippen LogP contribution is -1.90. The summed E-state index contributed by atoms with van der Waals surface area (Å²) < 4.78 is 16.2. The fourth-order valence-corrected chi connectivity index (χ4v) is 2.15. The van der Waals surface area contributed by atoms with Crippen molar-refractivity contribution in [3.63, 3.8) is 0 Å². The van der Waals surface area contributed by atoms with Gasteiger partial charge in [0.15, 0.2) is 11.5 Å². The van der Waals surface area contributed by atoms with E-state index in [2.05, 4.69) is 0 Å². The van der Waals surface area contributed by atoms with Crippen molar-refractivity contribution in [1.82, 2.24) is 0 Å². The summed E-state index contributed by atoms with van der Waals surface area (Å²) in [5.41, 5.74) is 1.54. The van der Waals surface area contributed by atoms with Gasteiger partial charge in [0.2, 0.25) is 0 Å². The van der Waals surface area contributed by atoms with Crippen molar-refractivity contribution in [2.45, 2.75) is 0 Å². The summed E-state index contributed by atoms with van der Waals surface area (Å²) in [4.78, 5) is 0. The first-order valence-corrected chi connectivity index (χ1v) is 6.16.